The van der Waals surface area contributed by atoms with Crippen molar-refractivity contribution in [3.05, 3.63) is 18.0 Å². The highest BCUT2D eigenvalue weighted by Gasteiger charge is 2.15. The topological polar surface area (TPSA) is 61.9 Å². The van der Waals surface area contributed by atoms with Crippen molar-refractivity contribution >= 4 is 17.7 Å². The molecule has 0 aliphatic carbocycles. The van der Waals surface area contributed by atoms with Gasteiger partial charge in [-0.15, -0.1) is 0 Å². The van der Waals surface area contributed by atoms with Crippen LogP contribution in [0.1, 0.15) is 31.9 Å². The zero-order chi connectivity index (χ0) is 13.8. The molecule has 3 rings (SSSR count). The van der Waals surface area contributed by atoms with Crippen LogP contribution in [0.5, 0.6) is 0 Å². The standard InChI is InChI=1S/C15H23N5/c1-2-12-3-4-13-15(19-12)20-14(10-17-13)18-9-11-5-7-16-8-6-11/h3-4,10-12,16H,2,5-9H2,1H3,(H2,18,19,20). The van der Waals surface area contributed by atoms with Gasteiger partial charge in [0.1, 0.15) is 11.5 Å². The number of anilines is 2. The molecule has 0 aromatic carbocycles. The summed E-state index contributed by atoms with van der Waals surface area (Å²) >= 11 is 0. The average Bonchev–Trinajstić information content (AvgIpc) is 2.53. The van der Waals surface area contributed by atoms with Gasteiger partial charge in [0.2, 0.25) is 0 Å². The first-order valence-corrected chi connectivity index (χ1v) is 7.61. The minimum atomic E-state index is 0.372. The molecule has 108 valence electrons. The summed E-state index contributed by atoms with van der Waals surface area (Å²) in [7, 11) is 0. The van der Waals surface area contributed by atoms with E-state index in [1.807, 2.05) is 6.20 Å². The molecule has 3 heterocycles. The molecule has 0 amide bonds. The lowest BCUT2D eigenvalue weighted by molar-refractivity contribution is 0.389. The summed E-state index contributed by atoms with van der Waals surface area (Å²) in [5.41, 5.74) is 0.933. The average molecular weight is 273 g/mol. The van der Waals surface area contributed by atoms with E-state index in [0.29, 0.717) is 6.04 Å². The van der Waals surface area contributed by atoms with Crippen LogP contribution < -0.4 is 16.0 Å². The molecule has 5 nitrogen and oxygen atoms in total. The molecule has 2 aliphatic rings. The molecule has 0 saturated carbocycles. The smallest absolute Gasteiger partial charge is 0.154 e. The van der Waals surface area contributed by atoms with Gasteiger partial charge >= 0.3 is 0 Å². The second kappa shape index (κ2) is 6.22. The van der Waals surface area contributed by atoms with Crippen LogP contribution in [0.2, 0.25) is 0 Å². The van der Waals surface area contributed by atoms with Gasteiger partial charge in [-0.1, -0.05) is 13.0 Å². The Balaban J connectivity index is 1.62. The van der Waals surface area contributed by atoms with Gasteiger partial charge in [0, 0.05) is 12.6 Å². The van der Waals surface area contributed by atoms with E-state index in [4.69, 9.17) is 0 Å². The van der Waals surface area contributed by atoms with Crippen molar-refractivity contribution in [2.24, 2.45) is 5.92 Å². The van der Waals surface area contributed by atoms with E-state index in [9.17, 15) is 0 Å². The van der Waals surface area contributed by atoms with Crippen LogP contribution in [0.25, 0.3) is 6.08 Å². The SMILES string of the molecule is CCC1C=Cc2ncc(NCC3CCNCC3)nc2N1. The van der Waals surface area contributed by atoms with Crippen LogP contribution in [-0.4, -0.2) is 35.6 Å². The minimum absolute atomic E-state index is 0.372. The highest BCUT2D eigenvalue weighted by Crippen LogP contribution is 2.22. The molecule has 0 bridgehead atoms. The van der Waals surface area contributed by atoms with E-state index in [2.05, 4.69) is 45.0 Å². The van der Waals surface area contributed by atoms with Crippen molar-refractivity contribution in [2.75, 3.05) is 30.3 Å². The van der Waals surface area contributed by atoms with Crippen LogP contribution in [0.15, 0.2) is 12.3 Å². The molecule has 20 heavy (non-hydrogen) atoms. The Hall–Kier alpha value is -1.62. The predicted octanol–water partition coefficient (Wildman–Crippen LogP) is 2.11. The Morgan fingerprint density at radius 1 is 1.35 bits per heavy atom. The Kier molecular flexibility index (Phi) is 4.16. The normalized spacial score (nSPS) is 22.1. The lowest BCUT2D eigenvalue weighted by Gasteiger charge is -2.23. The molecule has 1 unspecified atom stereocenters. The lowest BCUT2D eigenvalue weighted by Crippen LogP contribution is -2.31. The second-order valence-corrected chi connectivity index (χ2v) is 5.58. The minimum Gasteiger partial charge on any atom is -0.368 e. The van der Waals surface area contributed by atoms with E-state index in [1.54, 1.807) is 0 Å². The van der Waals surface area contributed by atoms with Crippen LogP contribution in [0.3, 0.4) is 0 Å². The number of aromatic nitrogens is 2. The van der Waals surface area contributed by atoms with Gasteiger partial charge in [0.15, 0.2) is 5.82 Å². The van der Waals surface area contributed by atoms with Crippen molar-refractivity contribution in [1.82, 2.24) is 15.3 Å². The molecule has 1 atom stereocenters. The third kappa shape index (κ3) is 3.10. The van der Waals surface area contributed by atoms with E-state index in [0.717, 1.165) is 49.3 Å². The summed E-state index contributed by atoms with van der Waals surface area (Å²) in [4.78, 5) is 9.11. The van der Waals surface area contributed by atoms with E-state index in [-0.39, 0.29) is 0 Å². The number of nitrogens with one attached hydrogen (secondary N) is 3. The Bertz CT molecular complexity index is 479. The fourth-order valence-electron chi connectivity index (χ4n) is 2.72. The monoisotopic (exact) mass is 273 g/mol. The maximum absolute atomic E-state index is 4.64. The molecule has 5 heteroatoms. The summed E-state index contributed by atoms with van der Waals surface area (Å²) < 4.78 is 0. The first-order chi connectivity index (χ1) is 9.85. The Morgan fingerprint density at radius 2 is 2.20 bits per heavy atom. The summed E-state index contributed by atoms with van der Waals surface area (Å²) in [5.74, 6) is 2.51. The first-order valence-electron chi connectivity index (χ1n) is 7.61. The van der Waals surface area contributed by atoms with Gasteiger partial charge in [0.25, 0.3) is 0 Å². The molecular formula is C15H23N5. The van der Waals surface area contributed by atoms with Gasteiger partial charge < -0.3 is 16.0 Å². The maximum Gasteiger partial charge on any atom is 0.154 e. The summed E-state index contributed by atoms with van der Waals surface area (Å²) in [6.07, 6.45) is 9.58. The van der Waals surface area contributed by atoms with Crippen LogP contribution in [0, 0.1) is 5.92 Å². The van der Waals surface area contributed by atoms with Gasteiger partial charge in [-0.2, -0.15) is 0 Å². The van der Waals surface area contributed by atoms with Gasteiger partial charge in [-0.3, -0.25) is 0 Å². The zero-order valence-corrected chi connectivity index (χ0v) is 12.0. The number of fused-ring (bicyclic) bond motifs is 1. The molecule has 1 fully saturated rings. The number of nitrogens with zero attached hydrogens (tertiary/aromatic N) is 2. The summed E-state index contributed by atoms with van der Waals surface area (Å²) in [6.45, 7) is 5.42. The lowest BCUT2D eigenvalue weighted by atomic mass is 9.98. The van der Waals surface area contributed by atoms with Crippen LogP contribution >= 0.6 is 0 Å². The van der Waals surface area contributed by atoms with Gasteiger partial charge in [0.05, 0.1) is 6.20 Å². The fourth-order valence-corrected chi connectivity index (χ4v) is 2.72. The maximum atomic E-state index is 4.64. The van der Waals surface area contributed by atoms with Gasteiger partial charge in [-0.25, -0.2) is 9.97 Å². The first kappa shape index (κ1) is 13.4. The number of hydrogen-bond donors (Lipinski definition) is 3. The fraction of sp³-hybridized carbons (Fsp3) is 0.600. The third-order valence-electron chi connectivity index (χ3n) is 4.08. The highest BCUT2D eigenvalue weighted by atomic mass is 15.1. The van der Waals surface area contributed by atoms with Crippen molar-refractivity contribution in [3.8, 4) is 0 Å². The molecule has 0 spiro atoms. The van der Waals surface area contributed by atoms with Crippen molar-refractivity contribution in [2.45, 2.75) is 32.2 Å². The molecule has 1 saturated heterocycles. The molecule has 0 radical (unpaired) electrons. The molecule has 2 aliphatic heterocycles. The summed E-state index contributed by atoms with van der Waals surface area (Å²) in [6, 6.07) is 0.372. The van der Waals surface area contributed by atoms with Crippen LogP contribution in [-0.2, 0) is 0 Å². The summed E-state index contributed by atoms with van der Waals surface area (Å²) in [5, 5.41) is 10.2. The number of rotatable bonds is 4. The van der Waals surface area contributed by atoms with Crippen molar-refractivity contribution in [3.63, 3.8) is 0 Å². The Morgan fingerprint density at radius 3 is 3.00 bits per heavy atom. The Labute approximate surface area is 120 Å². The van der Waals surface area contributed by atoms with E-state index < -0.39 is 0 Å². The van der Waals surface area contributed by atoms with Gasteiger partial charge in [-0.05, 0) is 44.3 Å². The quantitative estimate of drug-likeness (QED) is 0.784. The third-order valence-corrected chi connectivity index (χ3v) is 4.08. The molecule has 3 N–H and O–H groups in total. The number of piperidine rings is 1. The molecule has 1 aromatic rings. The van der Waals surface area contributed by atoms with Crippen molar-refractivity contribution < 1.29 is 0 Å². The number of hydrogen-bond acceptors (Lipinski definition) is 5. The van der Waals surface area contributed by atoms with Crippen molar-refractivity contribution in [1.29, 1.82) is 0 Å². The second-order valence-electron chi connectivity index (χ2n) is 5.58. The highest BCUT2D eigenvalue weighted by molar-refractivity contribution is 5.65. The molecular weight excluding hydrogens is 250 g/mol. The molecule has 1 aromatic heterocycles. The predicted molar refractivity (Wildman–Crippen MR) is 82.9 cm³/mol. The zero-order valence-electron chi connectivity index (χ0n) is 12.0. The van der Waals surface area contributed by atoms with E-state index >= 15 is 0 Å². The van der Waals surface area contributed by atoms with E-state index in [1.165, 1.54) is 12.8 Å². The van der Waals surface area contributed by atoms with Crippen LogP contribution in [0.4, 0.5) is 11.6 Å². The largest absolute Gasteiger partial charge is 0.368 e.